The summed E-state index contributed by atoms with van der Waals surface area (Å²) in [5.74, 6) is -0.922. The molecule has 0 unspecified atom stereocenters. The molecule has 0 aliphatic carbocycles. The number of nitrogens with one attached hydrogen (secondary N) is 2. The molecule has 3 amide bonds. The fourth-order valence-electron chi connectivity index (χ4n) is 1.32. The highest BCUT2D eigenvalue weighted by Gasteiger charge is 2.36. The highest BCUT2D eigenvalue weighted by molar-refractivity contribution is 6.18. The number of anilines is 1. The van der Waals surface area contributed by atoms with Gasteiger partial charge in [0.05, 0.1) is 0 Å². The number of H-pyrrole nitrogens is 2. The Morgan fingerprint density at radius 3 is 2.38 bits per heavy atom. The van der Waals surface area contributed by atoms with Crippen LogP contribution < -0.4 is 16.3 Å². The first-order chi connectivity index (χ1) is 7.49. The quantitative estimate of drug-likeness (QED) is 0.528. The van der Waals surface area contributed by atoms with Crippen LogP contribution in [0, 0.1) is 0 Å². The Labute approximate surface area is 87.7 Å². The number of imide groups is 1. The van der Waals surface area contributed by atoms with Crippen LogP contribution in [0.4, 0.5) is 10.7 Å². The molecule has 1 aromatic heterocycles. The number of hydrogen-bond acceptors (Lipinski definition) is 5. The topological polar surface area (TPSA) is 119 Å². The molecule has 9 nitrogen and oxygen atoms in total. The monoisotopic (exact) mass is 225 g/mol. The zero-order chi connectivity index (χ0) is 11.9. The summed E-state index contributed by atoms with van der Waals surface area (Å²) >= 11 is 0. The van der Waals surface area contributed by atoms with Crippen molar-refractivity contribution < 1.29 is 9.59 Å². The molecule has 2 N–H and O–H groups in total. The van der Waals surface area contributed by atoms with Crippen molar-refractivity contribution >= 4 is 17.9 Å². The zero-order valence-electron chi connectivity index (χ0n) is 8.18. The molecule has 0 saturated carbocycles. The van der Waals surface area contributed by atoms with Gasteiger partial charge in [-0.1, -0.05) is 0 Å². The molecular formula is C7H7N5O4. The van der Waals surface area contributed by atoms with Crippen molar-refractivity contribution in [1.29, 1.82) is 0 Å². The van der Waals surface area contributed by atoms with Crippen LogP contribution in [0.2, 0.25) is 0 Å². The largest absolute Gasteiger partial charge is 0.352 e. The van der Waals surface area contributed by atoms with Crippen LogP contribution in [0.15, 0.2) is 9.59 Å². The van der Waals surface area contributed by atoms with E-state index in [1.165, 1.54) is 7.05 Å². The molecule has 1 aliphatic heterocycles. The van der Waals surface area contributed by atoms with Gasteiger partial charge in [-0.25, -0.2) is 14.4 Å². The van der Waals surface area contributed by atoms with Crippen LogP contribution in [0.1, 0.15) is 0 Å². The predicted octanol–water partition coefficient (Wildman–Crippen LogP) is -2.14. The molecule has 1 saturated heterocycles. The molecular weight excluding hydrogens is 218 g/mol. The predicted molar refractivity (Wildman–Crippen MR) is 51.0 cm³/mol. The molecule has 16 heavy (non-hydrogen) atoms. The summed E-state index contributed by atoms with van der Waals surface area (Å²) < 4.78 is 0. The van der Waals surface area contributed by atoms with Gasteiger partial charge in [0.15, 0.2) is 0 Å². The number of nitrogens with zero attached hydrogens (tertiary/aromatic N) is 3. The van der Waals surface area contributed by atoms with Crippen LogP contribution in [-0.4, -0.2) is 45.4 Å². The molecule has 0 atom stereocenters. The van der Waals surface area contributed by atoms with E-state index >= 15 is 0 Å². The smallest absolute Gasteiger partial charge is 0.318 e. The van der Waals surface area contributed by atoms with E-state index in [0.29, 0.717) is 4.90 Å². The minimum absolute atomic E-state index is 0.116. The van der Waals surface area contributed by atoms with Crippen LogP contribution in [0.5, 0.6) is 0 Å². The second kappa shape index (κ2) is 3.29. The van der Waals surface area contributed by atoms with E-state index in [0.717, 1.165) is 4.90 Å². The van der Waals surface area contributed by atoms with Gasteiger partial charge in [-0.2, -0.15) is 9.88 Å². The summed E-state index contributed by atoms with van der Waals surface area (Å²) in [6, 6.07) is -0.640. The van der Waals surface area contributed by atoms with E-state index < -0.39 is 23.3 Å². The number of aromatic nitrogens is 3. The lowest BCUT2D eigenvalue weighted by Gasteiger charge is -2.10. The van der Waals surface area contributed by atoms with Crippen molar-refractivity contribution in [3.63, 3.8) is 0 Å². The van der Waals surface area contributed by atoms with E-state index in [1.807, 2.05) is 4.98 Å². The highest BCUT2D eigenvalue weighted by atomic mass is 16.2. The molecule has 2 rings (SSSR count). The third kappa shape index (κ3) is 1.47. The average Bonchev–Trinajstić information content (AvgIpc) is 2.39. The average molecular weight is 225 g/mol. The molecule has 1 fully saturated rings. The molecule has 2 heterocycles. The maximum Gasteiger partial charge on any atom is 0.352 e. The van der Waals surface area contributed by atoms with Gasteiger partial charge in [-0.15, -0.1) is 0 Å². The number of rotatable bonds is 1. The Balaban J connectivity index is 2.52. The van der Waals surface area contributed by atoms with Crippen LogP contribution in [0.3, 0.4) is 0 Å². The Morgan fingerprint density at radius 1 is 1.19 bits per heavy atom. The zero-order valence-corrected chi connectivity index (χ0v) is 8.18. The van der Waals surface area contributed by atoms with E-state index in [4.69, 9.17) is 0 Å². The van der Waals surface area contributed by atoms with Gasteiger partial charge in [-0.05, 0) is 0 Å². The second-order valence-electron chi connectivity index (χ2n) is 3.19. The van der Waals surface area contributed by atoms with Crippen LogP contribution in [-0.2, 0) is 4.79 Å². The van der Waals surface area contributed by atoms with E-state index in [2.05, 4.69) is 9.97 Å². The summed E-state index contributed by atoms with van der Waals surface area (Å²) in [7, 11) is 1.42. The first kappa shape index (κ1) is 10.1. The van der Waals surface area contributed by atoms with Crippen molar-refractivity contribution in [3.05, 3.63) is 21.0 Å². The second-order valence-corrected chi connectivity index (χ2v) is 3.19. The number of carbonyl (C=O) groups excluding carboxylic acids is 2. The van der Waals surface area contributed by atoms with Crippen molar-refractivity contribution in [1.82, 2.24) is 19.9 Å². The molecule has 0 radical (unpaired) electrons. The van der Waals surface area contributed by atoms with E-state index in [9.17, 15) is 19.2 Å². The van der Waals surface area contributed by atoms with E-state index in [1.54, 1.807) is 0 Å². The van der Waals surface area contributed by atoms with Gasteiger partial charge in [0.2, 0.25) is 5.95 Å². The molecule has 9 heteroatoms. The molecule has 1 aromatic rings. The minimum atomic E-state index is -0.922. The number of amides is 3. The normalized spacial score (nSPS) is 16.1. The number of urea groups is 1. The Bertz CT molecular complexity index is 544. The Morgan fingerprint density at radius 2 is 1.88 bits per heavy atom. The maximum absolute atomic E-state index is 11.5. The Kier molecular flexibility index (Phi) is 2.07. The first-order valence-electron chi connectivity index (χ1n) is 4.28. The summed E-state index contributed by atoms with van der Waals surface area (Å²) in [5.41, 5.74) is -1.75. The molecule has 1 aliphatic rings. The number of likely N-dealkylation sites (N-methyl/N-ethyl adjacent to an activating group) is 1. The van der Waals surface area contributed by atoms with Gasteiger partial charge in [-0.3, -0.25) is 14.8 Å². The number of carbonyl (C=O) groups is 2. The van der Waals surface area contributed by atoms with Crippen molar-refractivity contribution in [3.8, 4) is 0 Å². The van der Waals surface area contributed by atoms with Crippen molar-refractivity contribution in [2.75, 3.05) is 18.5 Å². The number of aromatic amines is 2. The van der Waals surface area contributed by atoms with Crippen molar-refractivity contribution in [2.45, 2.75) is 0 Å². The summed E-state index contributed by atoms with van der Waals surface area (Å²) in [5, 5.41) is 0. The van der Waals surface area contributed by atoms with Gasteiger partial charge in [0.25, 0.3) is 5.91 Å². The van der Waals surface area contributed by atoms with Gasteiger partial charge < -0.3 is 4.90 Å². The minimum Gasteiger partial charge on any atom is -0.318 e. The maximum atomic E-state index is 11.5. The molecule has 0 spiro atoms. The first-order valence-corrected chi connectivity index (χ1v) is 4.28. The lowest BCUT2D eigenvalue weighted by Crippen LogP contribution is -2.37. The number of hydrogen-bond donors (Lipinski definition) is 2. The van der Waals surface area contributed by atoms with Gasteiger partial charge in [0, 0.05) is 7.05 Å². The molecule has 84 valence electrons. The van der Waals surface area contributed by atoms with Gasteiger partial charge in [0.1, 0.15) is 6.54 Å². The summed E-state index contributed by atoms with van der Waals surface area (Å²) in [6.45, 7) is -0.116. The highest BCUT2D eigenvalue weighted by Crippen LogP contribution is 2.12. The molecule has 0 bridgehead atoms. The lowest BCUT2D eigenvalue weighted by molar-refractivity contribution is -0.116. The van der Waals surface area contributed by atoms with Crippen LogP contribution in [0.25, 0.3) is 0 Å². The summed E-state index contributed by atoms with van der Waals surface area (Å²) in [6.07, 6.45) is 0. The fourth-order valence-corrected chi connectivity index (χ4v) is 1.32. The Hall–Kier alpha value is -2.45. The molecule has 0 aromatic carbocycles. The van der Waals surface area contributed by atoms with Gasteiger partial charge >= 0.3 is 17.4 Å². The van der Waals surface area contributed by atoms with E-state index in [-0.39, 0.29) is 12.5 Å². The standard InChI is InChI=1S/C7H7N5O4/c1-11-2-3(13)12(7(11)16)4-8-5(14)10-6(15)9-4/h2H2,1H3,(H2,8,9,10,14,15). The summed E-state index contributed by atoms with van der Waals surface area (Å²) in [4.78, 5) is 53.8. The third-order valence-corrected chi connectivity index (χ3v) is 2.00. The third-order valence-electron chi connectivity index (χ3n) is 2.00. The SMILES string of the molecule is CN1CC(=O)N(c2nc(=O)[nH]c(=O)[nH]2)C1=O. The van der Waals surface area contributed by atoms with Crippen LogP contribution >= 0.6 is 0 Å². The van der Waals surface area contributed by atoms with Crippen molar-refractivity contribution in [2.24, 2.45) is 0 Å². The fraction of sp³-hybridized carbons (Fsp3) is 0.286. The lowest BCUT2D eigenvalue weighted by atomic mass is 10.6.